The molecule has 110 valence electrons. The van der Waals surface area contributed by atoms with E-state index < -0.39 is 5.97 Å². The van der Waals surface area contributed by atoms with Crippen LogP contribution in [0.5, 0.6) is 0 Å². The van der Waals surface area contributed by atoms with Gasteiger partial charge in [0.25, 0.3) is 0 Å². The van der Waals surface area contributed by atoms with Gasteiger partial charge in [-0.15, -0.1) is 0 Å². The van der Waals surface area contributed by atoms with Gasteiger partial charge in [0.2, 0.25) is 0 Å². The van der Waals surface area contributed by atoms with E-state index in [0.29, 0.717) is 5.92 Å². The summed E-state index contributed by atoms with van der Waals surface area (Å²) in [6.07, 6.45) is 4.84. The van der Waals surface area contributed by atoms with Gasteiger partial charge < -0.3 is 10.4 Å². The van der Waals surface area contributed by atoms with Crippen LogP contribution in [-0.2, 0) is 17.8 Å². The molecule has 1 fully saturated rings. The van der Waals surface area contributed by atoms with Gasteiger partial charge in [0, 0.05) is 6.54 Å². The molecule has 3 heteroatoms. The number of rotatable bonds is 6. The Morgan fingerprint density at radius 3 is 2.30 bits per heavy atom. The first kappa shape index (κ1) is 15.0. The maximum atomic E-state index is 10.9. The Labute approximate surface area is 121 Å². The predicted octanol–water partition coefficient (Wildman–Crippen LogP) is 3.23. The van der Waals surface area contributed by atoms with Gasteiger partial charge >= 0.3 is 5.97 Å². The van der Waals surface area contributed by atoms with E-state index in [1.807, 2.05) is 0 Å². The Kier molecular flexibility index (Phi) is 5.60. The Morgan fingerprint density at radius 2 is 1.75 bits per heavy atom. The number of nitrogens with one attached hydrogen (secondary N) is 1. The molecule has 2 N–H and O–H groups in total. The topological polar surface area (TPSA) is 49.3 Å². The van der Waals surface area contributed by atoms with Gasteiger partial charge in [0.05, 0.1) is 5.92 Å². The summed E-state index contributed by atoms with van der Waals surface area (Å²) in [6, 6.07) is 8.75. The van der Waals surface area contributed by atoms with E-state index in [9.17, 15) is 4.79 Å². The van der Waals surface area contributed by atoms with E-state index in [4.69, 9.17) is 5.11 Å². The van der Waals surface area contributed by atoms with Crippen LogP contribution in [0, 0.1) is 11.8 Å². The molecule has 0 radical (unpaired) electrons. The van der Waals surface area contributed by atoms with Gasteiger partial charge in [-0.05, 0) is 55.7 Å². The van der Waals surface area contributed by atoms with Gasteiger partial charge in [-0.1, -0.05) is 31.2 Å². The third kappa shape index (κ3) is 4.34. The number of aliphatic carboxylic acids is 1. The molecule has 1 aromatic carbocycles. The number of hydrogen-bond acceptors (Lipinski definition) is 2. The number of aryl methyl sites for hydroxylation is 1. The highest BCUT2D eigenvalue weighted by molar-refractivity contribution is 5.69. The Bertz CT molecular complexity index is 419. The third-order valence-corrected chi connectivity index (χ3v) is 4.39. The van der Waals surface area contributed by atoms with Crippen molar-refractivity contribution in [2.75, 3.05) is 6.54 Å². The van der Waals surface area contributed by atoms with Crippen molar-refractivity contribution in [2.24, 2.45) is 11.8 Å². The summed E-state index contributed by atoms with van der Waals surface area (Å²) in [4.78, 5) is 10.9. The first-order valence-electron chi connectivity index (χ1n) is 7.70. The van der Waals surface area contributed by atoms with E-state index in [1.165, 1.54) is 11.1 Å². The smallest absolute Gasteiger partial charge is 0.306 e. The lowest BCUT2D eigenvalue weighted by Crippen LogP contribution is -2.28. The molecule has 0 heterocycles. The molecule has 0 unspecified atom stereocenters. The van der Waals surface area contributed by atoms with Crippen LogP contribution in [0.4, 0.5) is 0 Å². The predicted molar refractivity (Wildman–Crippen MR) is 80.6 cm³/mol. The molecule has 0 spiro atoms. The van der Waals surface area contributed by atoms with Crippen molar-refractivity contribution < 1.29 is 9.90 Å². The van der Waals surface area contributed by atoms with E-state index in [1.54, 1.807) is 0 Å². The molecule has 0 saturated heterocycles. The lowest BCUT2D eigenvalue weighted by atomic mass is 9.82. The Hall–Kier alpha value is -1.35. The molecule has 3 nitrogen and oxygen atoms in total. The maximum absolute atomic E-state index is 10.9. The normalized spacial score (nSPS) is 22.6. The zero-order chi connectivity index (χ0) is 14.4. The van der Waals surface area contributed by atoms with Crippen LogP contribution in [-0.4, -0.2) is 17.6 Å². The monoisotopic (exact) mass is 275 g/mol. The second-order valence-corrected chi connectivity index (χ2v) is 5.86. The van der Waals surface area contributed by atoms with E-state index in [-0.39, 0.29) is 5.92 Å². The van der Waals surface area contributed by atoms with Crippen LogP contribution in [0.1, 0.15) is 43.7 Å². The van der Waals surface area contributed by atoms with Crippen molar-refractivity contribution in [1.29, 1.82) is 0 Å². The summed E-state index contributed by atoms with van der Waals surface area (Å²) in [5.41, 5.74) is 2.70. The number of hydrogen-bond donors (Lipinski definition) is 2. The lowest BCUT2D eigenvalue weighted by Gasteiger charge is -2.26. The van der Waals surface area contributed by atoms with Crippen LogP contribution < -0.4 is 5.32 Å². The van der Waals surface area contributed by atoms with Crippen molar-refractivity contribution in [3.63, 3.8) is 0 Å². The highest BCUT2D eigenvalue weighted by atomic mass is 16.4. The minimum absolute atomic E-state index is 0.104. The largest absolute Gasteiger partial charge is 0.481 e. The molecule has 20 heavy (non-hydrogen) atoms. The molecule has 0 aliphatic heterocycles. The highest BCUT2D eigenvalue weighted by Crippen LogP contribution is 2.28. The fourth-order valence-corrected chi connectivity index (χ4v) is 2.93. The number of carbonyl (C=O) groups is 1. The average molecular weight is 275 g/mol. The molecule has 0 amide bonds. The second-order valence-electron chi connectivity index (χ2n) is 5.86. The summed E-state index contributed by atoms with van der Waals surface area (Å²) >= 11 is 0. The fraction of sp³-hybridized carbons (Fsp3) is 0.588. The van der Waals surface area contributed by atoms with Gasteiger partial charge in [-0.3, -0.25) is 4.79 Å². The summed E-state index contributed by atoms with van der Waals surface area (Å²) < 4.78 is 0. The quantitative estimate of drug-likeness (QED) is 0.838. The molecule has 0 aromatic heterocycles. The van der Waals surface area contributed by atoms with E-state index in [2.05, 4.69) is 36.5 Å². The zero-order valence-corrected chi connectivity index (χ0v) is 12.3. The van der Waals surface area contributed by atoms with Crippen molar-refractivity contribution in [2.45, 2.75) is 45.6 Å². The first-order valence-corrected chi connectivity index (χ1v) is 7.70. The maximum Gasteiger partial charge on any atom is 0.306 e. The van der Waals surface area contributed by atoms with Crippen LogP contribution in [0.2, 0.25) is 0 Å². The van der Waals surface area contributed by atoms with Crippen LogP contribution >= 0.6 is 0 Å². The molecule has 1 aliphatic rings. The van der Waals surface area contributed by atoms with Crippen molar-refractivity contribution >= 4 is 5.97 Å². The molecular formula is C17H25NO2. The summed E-state index contributed by atoms with van der Waals surface area (Å²) in [5.74, 6) is -0.0826. The second kappa shape index (κ2) is 7.44. The van der Waals surface area contributed by atoms with Crippen LogP contribution in [0.3, 0.4) is 0 Å². The van der Waals surface area contributed by atoms with E-state index in [0.717, 1.165) is 45.2 Å². The molecule has 1 aromatic rings. The summed E-state index contributed by atoms with van der Waals surface area (Å²) in [7, 11) is 0. The summed E-state index contributed by atoms with van der Waals surface area (Å²) in [5, 5.41) is 12.5. The van der Waals surface area contributed by atoms with Gasteiger partial charge in [0.1, 0.15) is 0 Å². The molecular weight excluding hydrogens is 250 g/mol. The summed E-state index contributed by atoms with van der Waals surface area (Å²) in [6.45, 7) is 4.07. The average Bonchev–Trinajstić information content (AvgIpc) is 2.48. The minimum Gasteiger partial charge on any atom is -0.481 e. The van der Waals surface area contributed by atoms with Gasteiger partial charge in [-0.2, -0.15) is 0 Å². The van der Waals surface area contributed by atoms with Crippen LogP contribution in [0.15, 0.2) is 24.3 Å². The Balaban J connectivity index is 1.67. The van der Waals surface area contributed by atoms with Gasteiger partial charge in [-0.25, -0.2) is 0 Å². The first-order chi connectivity index (χ1) is 9.69. The molecule has 1 saturated carbocycles. The number of carboxylic acids is 1. The molecule has 0 atom stereocenters. The SMILES string of the molecule is CCc1ccc(CNCC2CCC(C(=O)O)CC2)cc1. The van der Waals surface area contributed by atoms with E-state index >= 15 is 0 Å². The molecule has 0 bridgehead atoms. The third-order valence-electron chi connectivity index (χ3n) is 4.39. The fourth-order valence-electron chi connectivity index (χ4n) is 2.93. The zero-order valence-electron chi connectivity index (χ0n) is 12.3. The Morgan fingerprint density at radius 1 is 1.15 bits per heavy atom. The standard InChI is InChI=1S/C17H25NO2/c1-2-13-3-5-14(6-4-13)11-18-12-15-7-9-16(10-8-15)17(19)20/h3-6,15-16,18H,2,7-12H2,1H3,(H,19,20). The van der Waals surface area contributed by atoms with Gasteiger partial charge in [0.15, 0.2) is 0 Å². The molecule has 1 aliphatic carbocycles. The van der Waals surface area contributed by atoms with Crippen molar-refractivity contribution in [3.8, 4) is 0 Å². The number of carboxylic acid groups (broad SMARTS) is 1. The number of benzene rings is 1. The minimum atomic E-state index is -0.618. The van der Waals surface area contributed by atoms with Crippen LogP contribution in [0.25, 0.3) is 0 Å². The lowest BCUT2D eigenvalue weighted by molar-refractivity contribution is -0.143. The van der Waals surface area contributed by atoms with Crippen molar-refractivity contribution in [3.05, 3.63) is 35.4 Å². The highest BCUT2D eigenvalue weighted by Gasteiger charge is 2.25. The molecule has 2 rings (SSSR count). The van der Waals surface area contributed by atoms with Crippen molar-refractivity contribution in [1.82, 2.24) is 5.32 Å².